The number of ether oxygens (including phenoxy) is 1. The molecule has 2 aromatic heterocycles. The second-order valence-corrected chi connectivity index (χ2v) is 7.00. The summed E-state index contributed by atoms with van der Waals surface area (Å²) in [4.78, 5) is 8.91. The Kier molecular flexibility index (Phi) is 5.70. The minimum atomic E-state index is -4.69. The van der Waals surface area contributed by atoms with E-state index < -0.39 is 6.36 Å². The SMILES string of the molecule is FC(F)(F)Oc1ccc(Cn2cccc2/C=C2\CCCN=C2c2cccnc2)cc1. The van der Waals surface area contributed by atoms with Crippen molar-refractivity contribution in [1.82, 2.24) is 9.55 Å². The number of benzene rings is 1. The van der Waals surface area contributed by atoms with E-state index in [4.69, 9.17) is 4.99 Å². The van der Waals surface area contributed by atoms with E-state index in [1.165, 1.54) is 12.1 Å². The molecular formula is C23H20F3N3O. The predicted octanol–water partition coefficient (Wildman–Crippen LogP) is 5.50. The third-order valence-corrected chi connectivity index (χ3v) is 4.81. The lowest BCUT2D eigenvalue weighted by Gasteiger charge is -2.17. The van der Waals surface area contributed by atoms with Crippen LogP contribution in [0.4, 0.5) is 13.2 Å². The van der Waals surface area contributed by atoms with Gasteiger partial charge in [-0.05, 0) is 66.5 Å². The van der Waals surface area contributed by atoms with Crippen LogP contribution < -0.4 is 4.74 Å². The molecule has 0 bridgehead atoms. The first kappa shape index (κ1) is 19.9. The van der Waals surface area contributed by atoms with Crippen molar-refractivity contribution in [1.29, 1.82) is 0 Å². The fourth-order valence-electron chi connectivity index (χ4n) is 3.47. The van der Waals surface area contributed by atoms with Crippen molar-refractivity contribution < 1.29 is 17.9 Å². The third kappa shape index (κ3) is 4.97. The molecule has 154 valence electrons. The first-order valence-electron chi connectivity index (χ1n) is 9.63. The van der Waals surface area contributed by atoms with E-state index in [-0.39, 0.29) is 5.75 Å². The number of nitrogens with zero attached hydrogens (tertiary/aromatic N) is 3. The first-order valence-corrected chi connectivity index (χ1v) is 9.63. The molecule has 4 nitrogen and oxygen atoms in total. The minimum absolute atomic E-state index is 0.222. The molecule has 7 heteroatoms. The molecule has 0 aliphatic carbocycles. The van der Waals surface area contributed by atoms with Crippen molar-refractivity contribution in [2.75, 3.05) is 6.54 Å². The van der Waals surface area contributed by atoms with Gasteiger partial charge in [0.05, 0.1) is 5.71 Å². The van der Waals surface area contributed by atoms with Crippen LogP contribution in [0.15, 0.2) is 77.7 Å². The van der Waals surface area contributed by atoms with Crippen LogP contribution in [0.5, 0.6) is 5.75 Å². The lowest BCUT2D eigenvalue weighted by molar-refractivity contribution is -0.274. The number of aromatic nitrogens is 2. The molecule has 0 saturated carbocycles. The Morgan fingerprint density at radius 1 is 1.07 bits per heavy atom. The van der Waals surface area contributed by atoms with Crippen LogP contribution in [-0.2, 0) is 6.54 Å². The Morgan fingerprint density at radius 2 is 1.90 bits per heavy atom. The molecule has 0 spiro atoms. The summed E-state index contributed by atoms with van der Waals surface area (Å²) >= 11 is 0. The van der Waals surface area contributed by atoms with Gasteiger partial charge in [0.1, 0.15) is 5.75 Å². The first-order chi connectivity index (χ1) is 14.5. The lowest BCUT2D eigenvalue weighted by Crippen LogP contribution is -2.17. The molecular weight excluding hydrogens is 391 g/mol. The Morgan fingerprint density at radius 3 is 2.63 bits per heavy atom. The predicted molar refractivity (Wildman–Crippen MR) is 110 cm³/mol. The molecule has 1 aromatic carbocycles. The highest BCUT2D eigenvalue weighted by molar-refractivity contribution is 6.15. The Hall–Kier alpha value is -3.35. The molecule has 0 saturated heterocycles. The molecule has 1 aliphatic heterocycles. The summed E-state index contributed by atoms with van der Waals surface area (Å²) in [6.45, 7) is 1.34. The minimum Gasteiger partial charge on any atom is -0.406 e. The maximum atomic E-state index is 12.3. The van der Waals surface area contributed by atoms with E-state index in [9.17, 15) is 13.2 Å². The van der Waals surface area contributed by atoms with Gasteiger partial charge in [0.25, 0.3) is 0 Å². The van der Waals surface area contributed by atoms with Gasteiger partial charge >= 0.3 is 6.36 Å². The standard InChI is InChI=1S/C23H20F3N3O/c24-23(25,26)30-21-9-7-17(8-10-21)16-29-13-3-6-20(29)14-18-4-2-12-28-22(18)19-5-1-11-27-15-19/h1,3,5-11,13-15H,2,4,12,16H2/b18-14+. The van der Waals surface area contributed by atoms with Gasteiger partial charge in [-0.25, -0.2) is 0 Å². The summed E-state index contributed by atoms with van der Waals surface area (Å²) in [6.07, 6.45) is 4.89. The topological polar surface area (TPSA) is 39.4 Å². The van der Waals surface area contributed by atoms with Crippen LogP contribution >= 0.6 is 0 Å². The average molecular weight is 411 g/mol. The molecule has 1 aliphatic rings. The van der Waals surface area contributed by atoms with Crippen LogP contribution in [0.3, 0.4) is 0 Å². The zero-order chi connectivity index (χ0) is 21.0. The van der Waals surface area contributed by atoms with Crippen molar-refractivity contribution in [2.24, 2.45) is 4.99 Å². The van der Waals surface area contributed by atoms with Crippen molar-refractivity contribution in [2.45, 2.75) is 25.7 Å². The summed E-state index contributed by atoms with van der Waals surface area (Å²) in [5.41, 5.74) is 5.02. The van der Waals surface area contributed by atoms with Gasteiger partial charge in [-0.2, -0.15) is 0 Å². The number of hydrogen-bond donors (Lipinski definition) is 0. The fourth-order valence-corrected chi connectivity index (χ4v) is 3.47. The molecule has 0 atom stereocenters. The zero-order valence-electron chi connectivity index (χ0n) is 16.1. The summed E-state index contributed by atoms with van der Waals surface area (Å²) in [6, 6.07) is 13.8. The number of hydrogen-bond acceptors (Lipinski definition) is 3. The molecule has 0 amide bonds. The maximum Gasteiger partial charge on any atom is 0.573 e. The quantitative estimate of drug-likeness (QED) is 0.556. The van der Waals surface area contributed by atoms with E-state index in [1.54, 1.807) is 18.3 Å². The van der Waals surface area contributed by atoms with E-state index in [2.05, 4.69) is 20.4 Å². The van der Waals surface area contributed by atoms with Gasteiger partial charge < -0.3 is 9.30 Å². The molecule has 0 radical (unpaired) electrons. The highest BCUT2D eigenvalue weighted by Crippen LogP contribution is 2.24. The number of rotatable bonds is 5. The molecule has 3 aromatic rings. The van der Waals surface area contributed by atoms with E-state index in [1.807, 2.05) is 36.7 Å². The monoisotopic (exact) mass is 411 g/mol. The van der Waals surface area contributed by atoms with Gasteiger partial charge in [-0.15, -0.1) is 13.2 Å². The van der Waals surface area contributed by atoms with Gasteiger partial charge in [0, 0.05) is 42.9 Å². The van der Waals surface area contributed by atoms with Gasteiger partial charge in [0.2, 0.25) is 0 Å². The van der Waals surface area contributed by atoms with E-state index in [0.29, 0.717) is 6.54 Å². The third-order valence-electron chi connectivity index (χ3n) is 4.81. The number of aliphatic imine (C=N–C) groups is 1. The van der Waals surface area contributed by atoms with Crippen LogP contribution in [0.25, 0.3) is 6.08 Å². The number of allylic oxidation sites excluding steroid dienone is 1. The smallest absolute Gasteiger partial charge is 0.406 e. The highest BCUT2D eigenvalue weighted by Gasteiger charge is 2.30. The number of alkyl halides is 3. The van der Waals surface area contributed by atoms with Crippen LogP contribution in [0.2, 0.25) is 0 Å². The highest BCUT2D eigenvalue weighted by atomic mass is 19.4. The Labute approximate surface area is 172 Å². The van der Waals surface area contributed by atoms with Crippen molar-refractivity contribution in [3.63, 3.8) is 0 Å². The summed E-state index contributed by atoms with van der Waals surface area (Å²) in [5.74, 6) is -0.222. The normalized spacial score (nSPS) is 15.8. The summed E-state index contributed by atoms with van der Waals surface area (Å²) in [5, 5.41) is 0. The van der Waals surface area contributed by atoms with Crippen LogP contribution in [0.1, 0.15) is 29.7 Å². The van der Waals surface area contributed by atoms with Crippen LogP contribution in [-0.4, -0.2) is 28.2 Å². The molecule has 30 heavy (non-hydrogen) atoms. The fraction of sp³-hybridized carbons (Fsp3) is 0.217. The maximum absolute atomic E-state index is 12.3. The largest absolute Gasteiger partial charge is 0.573 e. The van der Waals surface area contributed by atoms with Crippen LogP contribution in [0, 0.1) is 0 Å². The van der Waals surface area contributed by atoms with E-state index >= 15 is 0 Å². The second-order valence-electron chi connectivity index (χ2n) is 7.00. The van der Waals surface area contributed by atoms with Gasteiger partial charge in [-0.1, -0.05) is 12.1 Å². The molecule has 0 unspecified atom stereocenters. The summed E-state index contributed by atoms with van der Waals surface area (Å²) < 4.78 is 43.0. The Bertz CT molecular complexity index is 1050. The zero-order valence-corrected chi connectivity index (χ0v) is 16.1. The average Bonchev–Trinajstić information content (AvgIpc) is 3.16. The molecule has 0 fully saturated rings. The van der Waals surface area contributed by atoms with Crippen molar-refractivity contribution in [3.8, 4) is 5.75 Å². The summed E-state index contributed by atoms with van der Waals surface area (Å²) in [7, 11) is 0. The van der Waals surface area contributed by atoms with Crippen molar-refractivity contribution in [3.05, 3.63) is 89.5 Å². The second kappa shape index (κ2) is 8.57. The number of halogens is 3. The molecule has 3 heterocycles. The number of pyridine rings is 1. The van der Waals surface area contributed by atoms with E-state index in [0.717, 1.165) is 47.5 Å². The molecule has 4 rings (SSSR count). The Balaban J connectivity index is 1.55. The van der Waals surface area contributed by atoms with Gasteiger partial charge in [0.15, 0.2) is 0 Å². The molecule has 0 N–H and O–H groups in total. The van der Waals surface area contributed by atoms with Crippen molar-refractivity contribution >= 4 is 11.8 Å². The lowest BCUT2D eigenvalue weighted by atomic mass is 9.96. The van der Waals surface area contributed by atoms with Gasteiger partial charge in [-0.3, -0.25) is 9.98 Å².